The van der Waals surface area contributed by atoms with Crippen molar-refractivity contribution in [1.82, 2.24) is 0 Å². The van der Waals surface area contributed by atoms with Crippen molar-refractivity contribution in [2.75, 3.05) is 6.61 Å². The summed E-state index contributed by atoms with van der Waals surface area (Å²) >= 11 is 0. The zero-order valence-corrected chi connectivity index (χ0v) is 18.4. The molecule has 0 spiro atoms. The van der Waals surface area contributed by atoms with Crippen LogP contribution in [0.4, 0.5) is 0 Å². The van der Waals surface area contributed by atoms with Gasteiger partial charge in [-0.1, -0.05) is 117 Å². The van der Waals surface area contributed by atoms with E-state index in [0.717, 1.165) is 25.2 Å². The maximum absolute atomic E-state index is 10.5. The minimum absolute atomic E-state index is 0.169. The van der Waals surface area contributed by atoms with Crippen molar-refractivity contribution in [2.24, 2.45) is 5.92 Å². The molecule has 0 saturated carbocycles. The van der Waals surface area contributed by atoms with Gasteiger partial charge in [0.05, 0.1) is 6.61 Å². The van der Waals surface area contributed by atoms with Crippen LogP contribution in [0.3, 0.4) is 0 Å². The molecule has 0 fully saturated rings. The number of rotatable bonds is 20. The zero-order valence-electron chi connectivity index (χ0n) is 17.5. The van der Waals surface area contributed by atoms with E-state index in [9.17, 15) is 4.57 Å². The van der Waals surface area contributed by atoms with Gasteiger partial charge in [-0.3, -0.25) is 4.52 Å². The van der Waals surface area contributed by atoms with Crippen LogP contribution in [0, 0.1) is 5.92 Å². The molecule has 0 radical (unpaired) electrons. The highest BCUT2D eigenvalue weighted by Crippen LogP contribution is 2.35. The Morgan fingerprint density at radius 1 is 0.615 bits per heavy atom. The topological polar surface area (TPSA) is 66.8 Å². The highest BCUT2D eigenvalue weighted by atomic mass is 31.2. The summed E-state index contributed by atoms with van der Waals surface area (Å²) in [4.78, 5) is 17.1. The van der Waals surface area contributed by atoms with E-state index in [1.54, 1.807) is 0 Å². The molecule has 26 heavy (non-hydrogen) atoms. The fourth-order valence-corrected chi connectivity index (χ4v) is 3.68. The van der Waals surface area contributed by atoms with Gasteiger partial charge in [-0.2, -0.15) is 0 Å². The molecule has 5 heteroatoms. The predicted octanol–water partition coefficient (Wildman–Crippen LogP) is 7.38. The van der Waals surface area contributed by atoms with Crippen LogP contribution in [0.1, 0.15) is 123 Å². The first-order valence-electron chi connectivity index (χ1n) is 11.1. The summed E-state index contributed by atoms with van der Waals surface area (Å²) < 4.78 is 14.9. The first-order valence-corrected chi connectivity index (χ1v) is 12.6. The van der Waals surface area contributed by atoms with Gasteiger partial charge in [0.15, 0.2) is 0 Å². The van der Waals surface area contributed by atoms with Gasteiger partial charge < -0.3 is 9.79 Å². The zero-order chi connectivity index (χ0) is 19.5. The molecule has 0 saturated heterocycles. The minimum atomic E-state index is -4.26. The van der Waals surface area contributed by atoms with Gasteiger partial charge in [-0.15, -0.1) is 0 Å². The number of phosphoric ester groups is 1. The highest BCUT2D eigenvalue weighted by molar-refractivity contribution is 7.46. The average molecular weight is 393 g/mol. The standard InChI is InChI=1S/C21H45O4P/c1-21(2)19-17-15-13-11-9-7-5-3-4-6-8-10-12-14-16-18-20-25-26(22,23)24/h21H,3-20H2,1-2H3,(H2,22,23,24). The van der Waals surface area contributed by atoms with Gasteiger partial charge in [0, 0.05) is 0 Å². The summed E-state index contributed by atoms with van der Waals surface area (Å²) in [5.41, 5.74) is 0. The Labute approximate surface area is 162 Å². The van der Waals surface area contributed by atoms with Crippen molar-refractivity contribution in [2.45, 2.75) is 123 Å². The Hall–Kier alpha value is 0.110. The molecule has 0 amide bonds. The molecule has 0 unspecified atom stereocenters. The minimum Gasteiger partial charge on any atom is -0.303 e. The fraction of sp³-hybridized carbons (Fsp3) is 1.00. The van der Waals surface area contributed by atoms with Crippen LogP contribution in [0.25, 0.3) is 0 Å². The molecule has 0 aromatic rings. The van der Waals surface area contributed by atoms with Crippen molar-refractivity contribution in [3.63, 3.8) is 0 Å². The second-order valence-corrected chi connectivity index (χ2v) is 9.40. The summed E-state index contributed by atoms with van der Waals surface area (Å²) in [5.74, 6) is 0.866. The second kappa shape index (κ2) is 18.5. The molecule has 0 rings (SSSR count). The third kappa shape index (κ3) is 24.1. The van der Waals surface area contributed by atoms with E-state index in [0.29, 0.717) is 0 Å². The first kappa shape index (κ1) is 26.1. The van der Waals surface area contributed by atoms with Crippen LogP contribution in [0.15, 0.2) is 0 Å². The molecule has 0 bridgehead atoms. The summed E-state index contributed by atoms with van der Waals surface area (Å²) in [6, 6.07) is 0. The first-order chi connectivity index (χ1) is 12.4. The Kier molecular flexibility index (Phi) is 18.6. The summed E-state index contributed by atoms with van der Waals surface area (Å²) in [6.07, 6.45) is 22.2. The van der Waals surface area contributed by atoms with Gasteiger partial charge in [0.2, 0.25) is 0 Å². The summed E-state index contributed by atoms with van der Waals surface area (Å²) in [5, 5.41) is 0. The van der Waals surface area contributed by atoms with Crippen LogP contribution >= 0.6 is 7.82 Å². The van der Waals surface area contributed by atoms with E-state index >= 15 is 0 Å². The van der Waals surface area contributed by atoms with Crippen molar-refractivity contribution >= 4 is 7.82 Å². The molecular weight excluding hydrogens is 347 g/mol. The lowest BCUT2D eigenvalue weighted by Gasteiger charge is -2.05. The normalized spacial score (nSPS) is 12.2. The molecule has 0 aliphatic rings. The maximum Gasteiger partial charge on any atom is 0.469 e. The van der Waals surface area contributed by atoms with Gasteiger partial charge >= 0.3 is 7.82 Å². The number of unbranched alkanes of at least 4 members (excludes halogenated alkanes) is 15. The number of phosphoric acid groups is 1. The van der Waals surface area contributed by atoms with Crippen LogP contribution in [0.2, 0.25) is 0 Å². The van der Waals surface area contributed by atoms with Crippen molar-refractivity contribution in [3.8, 4) is 0 Å². The lowest BCUT2D eigenvalue weighted by molar-refractivity contribution is 0.193. The van der Waals surface area contributed by atoms with Crippen LogP contribution < -0.4 is 0 Å². The Morgan fingerprint density at radius 2 is 0.923 bits per heavy atom. The van der Waals surface area contributed by atoms with Gasteiger partial charge in [0.25, 0.3) is 0 Å². The number of hydrogen-bond acceptors (Lipinski definition) is 2. The maximum atomic E-state index is 10.5. The Morgan fingerprint density at radius 3 is 1.23 bits per heavy atom. The molecule has 4 nitrogen and oxygen atoms in total. The molecular formula is C21H45O4P. The molecule has 0 heterocycles. The van der Waals surface area contributed by atoms with Gasteiger partial charge in [-0.05, 0) is 12.3 Å². The van der Waals surface area contributed by atoms with Gasteiger partial charge in [-0.25, -0.2) is 4.57 Å². The van der Waals surface area contributed by atoms with Crippen LogP contribution in [-0.4, -0.2) is 16.4 Å². The predicted molar refractivity (Wildman–Crippen MR) is 111 cm³/mol. The van der Waals surface area contributed by atoms with Crippen molar-refractivity contribution < 1.29 is 18.9 Å². The van der Waals surface area contributed by atoms with Crippen LogP contribution in [-0.2, 0) is 9.09 Å². The van der Waals surface area contributed by atoms with Crippen LogP contribution in [0.5, 0.6) is 0 Å². The Bertz CT molecular complexity index is 328. The summed E-state index contributed by atoms with van der Waals surface area (Å²) in [7, 11) is -4.26. The molecule has 2 N–H and O–H groups in total. The third-order valence-electron chi connectivity index (χ3n) is 4.94. The SMILES string of the molecule is CC(C)CCCCCCCCCCCCCCCCCCOP(=O)(O)O. The molecule has 0 aliphatic carbocycles. The van der Waals surface area contributed by atoms with Gasteiger partial charge in [0.1, 0.15) is 0 Å². The second-order valence-electron chi connectivity index (χ2n) is 8.16. The average Bonchev–Trinajstić information content (AvgIpc) is 2.55. The highest BCUT2D eigenvalue weighted by Gasteiger charge is 2.12. The largest absolute Gasteiger partial charge is 0.469 e. The molecule has 158 valence electrons. The molecule has 0 aromatic heterocycles. The van der Waals surface area contributed by atoms with E-state index in [4.69, 9.17) is 9.79 Å². The van der Waals surface area contributed by atoms with E-state index in [-0.39, 0.29) is 6.61 Å². The summed E-state index contributed by atoms with van der Waals surface area (Å²) in [6.45, 7) is 4.80. The lowest BCUT2D eigenvalue weighted by atomic mass is 10.0. The monoisotopic (exact) mass is 392 g/mol. The van der Waals surface area contributed by atoms with E-state index < -0.39 is 7.82 Å². The molecule has 0 atom stereocenters. The smallest absolute Gasteiger partial charge is 0.303 e. The lowest BCUT2D eigenvalue weighted by Crippen LogP contribution is -1.92. The van der Waals surface area contributed by atoms with E-state index in [2.05, 4.69) is 18.4 Å². The third-order valence-corrected chi connectivity index (χ3v) is 5.45. The van der Waals surface area contributed by atoms with E-state index in [1.165, 1.54) is 89.9 Å². The quantitative estimate of drug-likeness (QED) is 0.167. The van der Waals surface area contributed by atoms with Crippen molar-refractivity contribution in [1.29, 1.82) is 0 Å². The van der Waals surface area contributed by atoms with Crippen molar-refractivity contribution in [3.05, 3.63) is 0 Å². The molecule has 0 aliphatic heterocycles. The molecule has 0 aromatic carbocycles. The fourth-order valence-electron chi connectivity index (χ4n) is 3.31. The Balaban J connectivity index is 3.04. The number of hydrogen-bond donors (Lipinski definition) is 2. The van der Waals surface area contributed by atoms with E-state index in [1.807, 2.05) is 0 Å².